The number of halogens is 1. The number of ether oxygens (including phenoxy) is 1. The maximum Gasteiger partial charge on any atom is 0.241 e. The summed E-state index contributed by atoms with van der Waals surface area (Å²) < 4.78 is 19.3. The summed E-state index contributed by atoms with van der Waals surface area (Å²) in [6.07, 6.45) is 14.4. The van der Waals surface area contributed by atoms with Crippen LogP contribution >= 0.6 is 0 Å². The summed E-state index contributed by atoms with van der Waals surface area (Å²) in [7, 11) is 0. The molecule has 3 rings (SSSR count). The number of amides is 1. The zero-order valence-corrected chi connectivity index (χ0v) is 16.2. The number of fused-ring (bicyclic) bond motifs is 1. The molecule has 144 valence electrons. The van der Waals surface area contributed by atoms with Gasteiger partial charge in [-0.25, -0.2) is 9.38 Å². The first-order valence-electron chi connectivity index (χ1n) is 9.59. The number of hydrogen-bond acceptors (Lipinski definition) is 3. The molecule has 3 aliphatic rings. The summed E-state index contributed by atoms with van der Waals surface area (Å²) in [4.78, 5) is 19.6. The van der Waals surface area contributed by atoms with Crippen LogP contribution in [0.4, 0.5) is 4.39 Å². The molecule has 27 heavy (non-hydrogen) atoms. The van der Waals surface area contributed by atoms with Gasteiger partial charge in [-0.2, -0.15) is 0 Å². The molecule has 0 bridgehead atoms. The molecule has 2 aliphatic carbocycles. The lowest BCUT2D eigenvalue weighted by Gasteiger charge is -2.35. The van der Waals surface area contributed by atoms with Crippen molar-refractivity contribution in [3.05, 3.63) is 59.8 Å². The lowest BCUT2D eigenvalue weighted by molar-refractivity contribution is -0.130. The van der Waals surface area contributed by atoms with Crippen LogP contribution in [0.15, 0.2) is 64.8 Å². The van der Waals surface area contributed by atoms with Crippen LogP contribution in [0.25, 0.3) is 0 Å². The maximum atomic E-state index is 13.5. The maximum absolute atomic E-state index is 13.5. The van der Waals surface area contributed by atoms with Crippen molar-refractivity contribution in [3.8, 4) is 0 Å². The number of rotatable bonds is 4. The van der Waals surface area contributed by atoms with Gasteiger partial charge in [-0.15, -0.1) is 0 Å². The van der Waals surface area contributed by atoms with Gasteiger partial charge in [0.15, 0.2) is 0 Å². The third-order valence-electron chi connectivity index (χ3n) is 4.75. The highest BCUT2D eigenvalue weighted by Crippen LogP contribution is 2.30. The minimum Gasteiger partial charge on any atom is -0.494 e. The third-order valence-corrected chi connectivity index (χ3v) is 4.75. The molecule has 0 N–H and O–H groups in total. The number of nitrogens with zero attached hydrogens (tertiary/aromatic N) is 2. The Hall–Kier alpha value is -2.43. The second-order valence-electron chi connectivity index (χ2n) is 7.47. The number of carbonyl (C=O) groups excluding carboxylic acids is 1. The first-order chi connectivity index (χ1) is 13.0. The Morgan fingerprint density at radius 1 is 1.26 bits per heavy atom. The van der Waals surface area contributed by atoms with Crippen molar-refractivity contribution >= 4 is 11.7 Å². The zero-order valence-electron chi connectivity index (χ0n) is 16.2. The van der Waals surface area contributed by atoms with E-state index in [9.17, 15) is 9.18 Å². The Bertz CT molecular complexity index is 771. The van der Waals surface area contributed by atoms with Crippen LogP contribution in [-0.4, -0.2) is 29.3 Å². The van der Waals surface area contributed by atoms with Gasteiger partial charge in [0, 0.05) is 0 Å². The molecule has 0 aromatic rings. The summed E-state index contributed by atoms with van der Waals surface area (Å²) in [5.74, 6) is 1.17. The van der Waals surface area contributed by atoms with E-state index in [1.807, 2.05) is 31.2 Å². The quantitative estimate of drug-likeness (QED) is 0.711. The minimum absolute atomic E-state index is 0.0212. The van der Waals surface area contributed by atoms with Crippen molar-refractivity contribution in [2.45, 2.75) is 46.1 Å². The molecule has 5 heteroatoms. The normalized spacial score (nSPS) is 29.5. The van der Waals surface area contributed by atoms with Crippen molar-refractivity contribution < 1.29 is 13.9 Å². The van der Waals surface area contributed by atoms with E-state index in [2.05, 4.69) is 18.8 Å². The Kier molecular flexibility index (Phi) is 6.09. The number of aliphatic imine (C=N–C) groups is 1. The van der Waals surface area contributed by atoms with E-state index in [0.29, 0.717) is 37.6 Å². The first kappa shape index (κ1) is 19.3. The Morgan fingerprint density at radius 3 is 2.85 bits per heavy atom. The van der Waals surface area contributed by atoms with E-state index in [4.69, 9.17) is 4.74 Å². The summed E-state index contributed by atoms with van der Waals surface area (Å²) >= 11 is 0. The summed E-state index contributed by atoms with van der Waals surface area (Å²) in [5.41, 5.74) is 0.770. The molecule has 0 fully saturated rings. The van der Waals surface area contributed by atoms with E-state index in [-0.39, 0.29) is 17.8 Å². The van der Waals surface area contributed by atoms with Crippen molar-refractivity contribution in [1.29, 1.82) is 0 Å². The van der Waals surface area contributed by atoms with E-state index < -0.39 is 5.92 Å². The molecule has 0 radical (unpaired) electrons. The molecular formula is C22H27FN2O2. The topological polar surface area (TPSA) is 41.9 Å². The number of carbonyl (C=O) groups is 1. The standard InChI is InChI=1S/C22H27FN2O2/c1-15(2)14-27-19-8-5-9-21-20(13-12-19)22(26)25(16(3)24-21)18-7-4-6-17(23)10-11-18/h6,8-13,15,18,20H,4-5,7,14H2,1-3H3/b13-12?,19-8+,21-9+. The van der Waals surface area contributed by atoms with Crippen LogP contribution in [-0.2, 0) is 9.53 Å². The molecule has 1 amide bonds. The second-order valence-corrected chi connectivity index (χ2v) is 7.47. The fourth-order valence-corrected chi connectivity index (χ4v) is 3.40. The van der Waals surface area contributed by atoms with Gasteiger partial charge >= 0.3 is 0 Å². The van der Waals surface area contributed by atoms with Crippen LogP contribution in [0.5, 0.6) is 0 Å². The van der Waals surface area contributed by atoms with Gasteiger partial charge in [-0.05, 0) is 56.4 Å². The predicted molar refractivity (Wildman–Crippen MR) is 106 cm³/mol. The molecule has 0 aromatic carbocycles. The van der Waals surface area contributed by atoms with Gasteiger partial charge in [-0.3, -0.25) is 9.69 Å². The second kappa shape index (κ2) is 8.51. The van der Waals surface area contributed by atoms with Crippen LogP contribution in [0.1, 0.15) is 40.0 Å². The summed E-state index contributed by atoms with van der Waals surface area (Å²) in [6, 6.07) is -0.182. The van der Waals surface area contributed by atoms with Crippen molar-refractivity contribution in [2.75, 3.05) is 6.61 Å². The highest BCUT2D eigenvalue weighted by Gasteiger charge is 2.35. The molecule has 2 atom stereocenters. The fraction of sp³-hybridized carbons (Fsp3) is 0.455. The molecule has 1 aliphatic heterocycles. The SMILES string of the molecule is CC1=N/C2=C/C/C=C(/OCC(C)C)C=CC2C(=O)N1C1C=CC(F)=CCC1. The lowest BCUT2D eigenvalue weighted by Crippen LogP contribution is -2.48. The molecule has 4 nitrogen and oxygen atoms in total. The predicted octanol–water partition coefficient (Wildman–Crippen LogP) is 4.84. The van der Waals surface area contributed by atoms with E-state index in [0.717, 1.165) is 11.5 Å². The third kappa shape index (κ3) is 4.65. The van der Waals surface area contributed by atoms with Gasteiger partial charge in [-0.1, -0.05) is 32.1 Å². The van der Waals surface area contributed by atoms with Crippen LogP contribution in [0.2, 0.25) is 0 Å². The van der Waals surface area contributed by atoms with Gasteiger partial charge in [0.2, 0.25) is 5.91 Å². The van der Waals surface area contributed by atoms with Crippen LogP contribution in [0, 0.1) is 11.8 Å². The van der Waals surface area contributed by atoms with E-state index in [1.54, 1.807) is 17.1 Å². The minimum atomic E-state index is -0.436. The van der Waals surface area contributed by atoms with Crippen molar-refractivity contribution in [1.82, 2.24) is 4.90 Å². The molecular weight excluding hydrogens is 343 g/mol. The highest BCUT2D eigenvalue weighted by atomic mass is 19.1. The molecule has 0 aromatic heterocycles. The number of hydrogen-bond donors (Lipinski definition) is 0. The van der Waals surface area contributed by atoms with Gasteiger partial charge in [0.1, 0.15) is 17.4 Å². The molecule has 2 unspecified atom stereocenters. The lowest BCUT2D eigenvalue weighted by atomic mass is 9.96. The fourth-order valence-electron chi connectivity index (χ4n) is 3.40. The van der Waals surface area contributed by atoms with Crippen molar-refractivity contribution in [3.63, 3.8) is 0 Å². The zero-order chi connectivity index (χ0) is 19.4. The molecule has 0 saturated carbocycles. The van der Waals surface area contributed by atoms with Gasteiger partial charge in [0.25, 0.3) is 0 Å². The summed E-state index contributed by atoms with van der Waals surface area (Å²) in [5, 5.41) is 0. The molecule has 0 saturated heterocycles. The van der Waals surface area contributed by atoms with E-state index in [1.165, 1.54) is 6.08 Å². The average molecular weight is 370 g/mol. The molecule has 0 spiro atoms. The van der Waals surface area contributed by atoms with Crippen LogP contribution in [0.3, 0.4) is 0 Å². The largest absolute Gasteiger partial charge is 0.494 e. The number of amidine groups is 1. The monoisotopic (exact) mass is 370 g/mol. The molecule has 1 heterocycles. The number of allylic oxidation sites excluding steroid dienone is 6. The Labute approximate surface area is 160 Å². The Morgan fingerprint density at radius 2 is 2.07 bits per heavy atom. The van der Waals surface area contributed by atoms with Crippen molar-refractivity contribution in [2.24, 2.45) is 16.8 Å². The highest BCUT2D eigenvalue weighted by molar-refractivity contribution is 6.03. The first-order valence-corrected chi connectivity index (χ1v) is 9.59. The Balaban J connectivity index is 1.83. The van der Waals surface area contributed by atoms with E-state index >= 15 is 0 Å². The van der Waals surface area contributed by atoms with Gasteiger partial charge in [0.05, 0.1) is 24.3 Å². The van der Waals surface area contributed by atoms with Gasteiger partial charge < -0.3 is 4.74 Å². The smallest absolute Gasteiger partial charge is 0.241 e. The summed E-state index contributed by atoms with van der Waals surface area (Å²) in [6.45, 7) is 6.68. The van der Waals surface area contributed by atoms with Crippen LogP contribution < -0.4 is 0 Å². The average Bonchev–Trinajstić information content (AvgIpc) is 2.80.